The molecule has 3 N–H and O–H groups in total. The molecule has 0 spiro atoms. The van der Waals surface area contributed by atoms with E-state index in [0.29, 0.717) is 27.8 Å². The molecule has 2 amide bonds. The lowest BCUT2D eigenvalue weighted by Crippen LogP contribution is -2.25. The molecular formula is C19H17ClN4O3. The minimum absolute atomic E-state index is 0.283. The number of methoxy groups -OCH3 is 1. The van der Waals surface area contributed by atoms with Crippen molar-refractivity contribution in [3.05, 3.63) is 59.3 Å². The van der Waals surface area contributed by atoms with Gasteiger partial charge in [0.15, 0.2) is 0 Å². The highest BCUT2D eigenvalue weighted by molar-refractivity contribution is 6.31. The summed E-state index contributed by atoms with van der Waals surface area (Å²) in [6.07, 6.45) is 1.16. The molecule has 7 nitrogen and oxygen atoms in total. The zero-order chi connectivity index (χ0) is 20.0. The number of carbonyl (C=O) groups excluding carboxylic acids is 2. The number of rotatable bonds is 5. The zero-order valence-corrected chi connectivity index (χ0v) is 15.4. The Labute approximate surface area is 161 Å². The highest BCUT2D eigenvalue weighted by atomic mass is 35.5. The molecule has 2 aromatic rings. The second-order valence-electron chi connectivity index (χ2n) is 5.44. The third-order valence-corrected chi connectivity index (χ3v) is 3.76. The van der Waals surface area contributed by atoms with E-state index in [2.05, 4.69) is 5.32 Å². The fourth-order valence-electron chi connectivity index (χ4n) is 2.26. The summed E-state index contributed by atoms with van der Waals surface area (Å²) in [6, 6.07) is 13.0. The summed E-state index contributed by atoms with van der Waals surface area (Å²) in [4.78, 5) is 25.7. The summed E-state index contributed by atoms with van der Waals surface area (Å²) < 4.78 is 5.16. The first-order valence-corrected chi connectivity index (χ1v) is 8.15. The van der Waals surface area contributed by atoms with Crippen molar-refractivity contribution in [1.82, 2.24) is 0 Å². The number of nitrogens with one attached hydrogen (secondary N) is 1. The summed E-state index contributed by atoms with van der Waals surface area (Å²) in [5.74, 6) is -0.723. The molecule has 8 heteroatoms. The maximum absolute atomic E-state index is 12.5. The molecule has 0 aromatic heterocycles. The van der Waals surface area contributed by atoms with Crippen LogP contribution in [0, 0.1) is 11.3 Å². The molecule has 138 valence electrons. The smallest absolute Gasteiger partial charge is 0.267 e. The number of amides is 2. The van der Waals surface area contributed by atoms with Gasteiger partial charge in [-0.05, 0) is 36.4 Å². The first-order chi connectivity index (χ1) is 12.8. The molecule has 2 aromatic carbocycles. The fraction of sp³-hybridized carbons (Fsp3) is 0.105. The number of hydrogen-bond donors (Lipinski definition) is 2. The van der Waals surface area contributed by atoms with Gasteiger partial charge in [-0.2, -0.15) is 5.26 Å². The SMILES string of the molecule is COc1ccc(Cl)cc1NC(=O)/C(C#N)=C\N(C(C)=O)c1cccc(N)c1. The Bertz CT molecular complexity index is 950. The minimum atomic E-state index is -0.715. The van der Waals surface area contributed by atoms with Crippen LogP contribution in [-0.4, -0.2) is 18.9 Å². The Morgan fingerprint density at radius 1 is 1.30 bits per heavy atom. The Kier molecular flexibility index (Phi) is 6.41. The van der Waals surface area contributed by atoms with Crippen LogP contribution >= 0.6 is 11.6 Å². The summed E-state index contributed by atoms with van der Waals surface area (Å²) in [5, 5.41) is 12.3. The van der Waals surface area contributed by atoms with Gasteiger partial charge in [0.2, 0.25) is 5.91 Å². The average molecular weight is 385 g/mol. The molecule has 0 saturated heterocycles. The Morgan fingerprint density at radius 3 is 2.63 bits per heavy atom. The van der Waals surface area contributed by atoms with Gasteiger partial charge in [-0.1, -0.05) is 17.7 Å². The normalized spacial score (nSPS) is 10.7. The molecule has 0 unspecified atom stereocenters. The van der Waals surface area contributed by atoms with Crippen molar-refractivity contribution in [3.63, 3.8) is 0 Å². The van der Waals surface area contributed by atoms with Gasteiger partial charge in [-0.25, -0.2) is 0 Å². The van der Waals surface area contributed by atoms with Crippen LogP contribution < -0.4 is 20.7 Å². The van der Waals surface area contributed by atoms with E-state index in [1.165, 1.54) is 25.0 Å². The number of nitrogens with zero attached hydrogens (tertiary/aromatic N) is 2. The van der Waals surface area contributed by atoms with E-state index in [9.17, 15) is 14.9 Å². The van der Waals surface area contributed by atoms with Crippen LogP contribution in [0.5, 0.6) is 5.75 Å². The Balaban J connectivity index is 2.36. The third kappa shape index (κ3) is 5.00. The molecule has 0 radical (unpaired) electrons. The van der Waals surface area contributed by atoms with Gasteiger partial charge in [0, 0.05) is 23.8 Å². The molecular weight excluding hydrogens is 368 g/mol. The van der Waals surface area contributed by atoms with Crippen LogP contribution in [0.3, 0.4) is 0 Å². The molecule has 0 heterocycles. The van der Waals surface area contributed by atoms with Crippen molar-refractivity contribution in [2.45, 2.75) is 6.92 Å². The molecule has 0 aliphatic rings. The number of nitrogens with two attached hydrogens (primary N) is 1. The predicted octanol–water partition coefficient (Wildman–Crippen LogP) is 3.33. The highest BCUT2D eigenvalue weighted by Gasteiger charge is 2.17. The number of carbonyl (C=O) groups is 2. The molecule has 0 saturated carbocycles. The third-order valence-electron chi connectivity index (χ3n) is 3.52. The molecule has 27 heavy (non-hydrogen) atoms. The van der Waals surface area contributed by atoms with Gasteiger partial charge in [0.25, 0.3) is 5.91 Å². The van der Waals surface area contributed by atoms with Gasteiger partial charge < -0.3 is 15.8 Å². The summed E-state index contributed by atoms with van der Waals surface area (Å²) in [5.41, 5.74) is 6.63. The standard InChI is InChI=1S/C19H17ClN4O3/c1-12(25)24(16-5-3-4-15(22)9-16)11-13(10-21)19(26)23-17-8-14(20)6-7-18(17)27-2/h3-9,11H,22H2,1-2H3,(H,23,26)/b13-11-. The number of nitriles is 1. The highest BCUT2D eigenvalue weighted by Crippen LogP contribution is 2.28. The first kappa shape index (κ1) is 19.8. The minimum Gasteiger partial charge on any atom is -0.495 e. The van der Waals surface area contributed by atoms with E-state index in [-0.39, 0.29) is 11.5 Å². The number of benzene rings is 2. The van der Waals surface area contributed by atoms with E-state index in [4.69, 9.17) is 22.1 Å². The lowest BCUT2D eigenvalue weighted by atomic mass is 10.2. The summed E-state index contributed by atoms with van der Waals surface area (Å²) in [6.45, 7) is 1.31. The van der Waals surface area contributed by atoms with Crippen molar-refractivity contribution >= 4 is 40.5 Å². The van der Waals surface area contributed by atoms with Gasteiger partial charge in [-0.3, -0.25) is 14.5 Å². The van der Waals surface area contributed by atoms with E-state index < -0.39 is 5.91 Å². The molecule has 0 aliphatic heterocycles. The van der Waals surface area contributed by atoms with Crippen LogP contribution in [0.25, 0.3) is 0 Å². The summed E-state index contributed by atoms with van der Waals surface area (Å²) >= 11 is 5.94. The summed E-state index contributed by atoms with van der Waals surface area (Å²) in [7, 11) is 1.44. The maximum Gasteiger partial charge on any atom is 0.267 e. The second-order valence-corrected chi connectivity index (χ2v) is 5.87. The molecule has 0 bridgehead atoms. The second kappa shape index (κ2) is 8.74. The quantitative estimate of drug-likeness (QED) is 0.467. The van der Waals surface area contributed by atoms with Gasteiger partial charge >= 0.3 is 0 Å². The maximum atomic E-state index is 12.5. The Morgan fingerprint density at radius 2 is 2.04 bits per heavy atom. The number of nitrogen functional groups attached to an aromatic ring is 1. The van der Waals surface area contributed by atoms with Crippen molar-refractivity contribution in [1.29, 1.82) is 5.26 Å². The van der Waals surface area contributed by atoms with Crippen molar-refractivity contribution in [2.75, 3.05) is 23.1 Å². The molecule has 0 atom stereocenters. The predicted molar refractivity (Wildman–Crippen MR) is 104 cm³/mol. The van der Waals surface area contributed by atoms with Crippen LogP contribution in [0.1, 0.15) is 6.92 Å². The van der Waals surface area contributed by atoms with E-state index >= 15 is 0 Å². The van der Waals surface area contributed by atoms with E-state index in [1.807, 2.05) is 0 Å². The van der Waals surface area contributed by atoms with Crippen molar-refractivity contribution in [2.24, 2.45) is 0 Å². The monoisotopic (exact) mass is 384 g/mol. The number of anilines is 3. The zero-order valence-electron chi connectivity index (χ0n) is 14.7. The largest absolute Gasteiger partial charge is 0.495 e. The first-order valence-electron chi connectivity index (χ1n) is 7.78. The van der Waals surface area contributed by atoms with Gasteiger partial charge in [0.1, 0.15) is 17.4 Å². The van der Waals surface area contributed by atoms with Crippen molar-refractivity contribution in [3.8, 4) is 11.8 Å². The van der Waals surface area contributed by atoms with Crippen LogP contribution in [0.4, 0.5) is 17.1 Å². The Hall–Kier alpha value is -3.50. The molecule has 0 fully saturated rings. The van der Waals surface area contributed by atoms with Crippen LogP contribution in [-0.2, 0) is 9.59 Å². The van der Waals surface area contributed by atoms with Crippen LogP contribution in [0.15, 0.2) is 54.2 Å². The number of ether oxygens (including phenoxy) is 1. The lowest BCUT2D eigenvalue weighted by molar-refractivity contribution is -0.116. The van der Waals surface area contributed by atoms with E-state index in [0.717, 1.165) is 6.20 Å². The topological polar surface area (TPSA) is 108 Å². The number of hydrogen-bond acceptors (Lipinski definition) is 5. The van der Waals surface area contributed by atoms with Gasteiger partial charge in [-0.15, -0.1) is 0 Å². The lowest BCUT2D eigenvalue weighted by Gasteiger charge is -2.18. The van der Waals surface area contributed by atoms with E-state index in [1.54, 1.807) is 42.5 Å². The average Bonchev–Trinajstić information content (AvgIpc) is 2.62. The molecule has 2 rings (SSSR count). The fourth-order valence-corrected chi connectivity index (χ4v) is 2.43. The van der Waals surface area contributed by atoms with Crippen LogP contribution in [0.2, 0.25) is 5.02 Å². The number of halogens is 1. The van der Waals surface area contributed by atoms with Crippen molar-refractivity contribution < 1.29 is 14.3 Å². The molecule has 0 aliphatic carbocycles. The van der Waals surface area contributed by atoms with Gasteiger partial charge in [0.05, 0.1) is 18.5 Å².